The topological polar surface area (TPSA) is 67.9 Å². The van der Waals surface area contributed by atoms with E-state index in [1.54, 1.807) is 4.90 Å². The SMILES string of the molecule is CCOC(=O)C12CCNCC1N(C(=O)OC(C)(C)C)CC2. The molecule has 0 aliphatic carbocycles. The summed E-state index contributed by atoms with van der Waals surface area (Å²) in [7, 11) is 0. The van der Waals surface area contributed by atoms with Crippen LogP contribution in [0.3, 0.4) is 0 Å². The van der Waals surface area contributed by atoms with Crippen molar-refractivity contribution in [3.63, 3.8) is 0 Å². The molecule has 0 saturated carbocycles. The zero-order valence-electron chi connectivity index (χ0n) is 13.4. The van der Waals surface area contributed by atoms with Crippen molar-refractivity contribution in [2.75, 3.05) is 26.2 Å². The van der Waals surface area contributed by atoms with Crippen LogP contribution in [0.15, 0.2) is 0 Å². The van der Waals surface area contributed by atoms with E-state index >= 15 is 0 Å². The average molecular weight is 298 g/mol. The van der Waals surface area contributed by atoms with Crippen LogP contribution in [0.2, 0.25) is 0 Å². The summed E-state index contributed by atoms with van der Waals surface area (Å²) in [5.74, 6) is -0.178. The number of likely N-dealkylation sites (tertiary alicyclic amines) is 1. The molecule has 2 aliphatic rings. The first-order valence-electron chi connectivity index (χ1n) is 7.68. The van der Waals surface area contributed by atoms with Crippen molar-refractivity contribution in [1.29, 1.82) is 0 Å². The number of hydrogen-bond donors (Lipinski definition) is 1. The van der Waals surface area contributed by atoms with Gasteiger partial charge in [0.1, 0.15) is 5.60 Å². The second-order valence-corrected chi connectivity index (χ2v) is 6.77. The van der Waals surface area contributed by atoms with Gasteiger partial charge in [-0.1, -0.05) is 0 Å². The number of nitrogens with zero attached hydrogens (tertiary/aromatic N) is 1. The summed E-state index contributed by atoms with van der Waals surface area (Å²) < 4.78 is 10.7. The minimum Gasteiger partial charge on any atom is -0.466 e. The summed E-state index contributed by atoms with van der Waals surface area (Å²) in [5, 5.41) is 3.27. The van der Waals surface area contributed by atoms with Gasteiger partial charge in [-0.15, -0.1) is 0 Å². The Hall–Kier alpha value is -1.30. The maximum Gasteiger partial charge on any atom is 0.410 e. The summed E-state index contributed by atoms with van der Waals surface area (Å²) in [4.78, 5) is 26.5. The van der Waals surface area contributed by atoms with Crippen LogP contribution < -0.4 is 5.32 Å². The predicted molar refractivity (Wildman–Crippen MR) is 77.9 cm³/mol. The first kappa shape index (κ1) is 16.1. The van der Waals surface area contributed by atoms with E-state index in [2.05, 4.69) is 5.32 Å². The number of esters is 1. The van der Waals surface area contributed by atoms with Crippen LogP contribution in [0, 0.1) is 5.41 Å². The quantitative estimate of drug-likeness (QED) is 0.783. The molecule has 1 amide bonds. The van der Waals surface area contributed by atoms with Crippen molar-refractivity contribution >= 4 is 12.1 Å². The predicted octanol–water partition coefficient (Wildman–Crippen LogP) is 1.54. The van der Waals surface area contributed by atoms with Crippen molar-refractivity contribution < 1.29 is 19.1 Å². The zero-order valence-corrected chi connectivity index (χ0v) is 13.4. The molecular weight excluding hydrogens is 272 g/mol. The van der Waals surface area contributed by atoms with E-state index in [1.165, 1.54) is 0 Å². The van der Waals surface area contributed by atoms with Crippen LogP contribution >= 0.6 is 0 Å². The lowest BCUT2D eigenvalue weighted by Crippen LogP contribution is -2.57. The van der Waals surface area contributed by atoms with Crippen LogP contribution in [-0.2, 0) is 14.3 Å². The first-order chi connectivity index (χ1) is 9.80. The molecule has 2 fully saturated rings. The Balaban J connectivity index is 2.17. The van der Waals surface area contributed by atoms with Crippen molar-refractivity contribution in [3.05, 3.63) is 0 Å². The highest BCUT2D eigenvalue weighted by Crippen LogP contribution is 2.43. The van der Waals surface area contributed by atoms with Gasteiger partial charge in [0.05, 0.1) is 18.1 Å². The van der Waals surface area contributed by atoms with Gasteiger partial charge in [0.2, 0.25) is 0 Å². The van der Waals surface area contributed by atoms with Crippen LogP contribution in [-0.4, -0.2) is 54.8 Å². The normalized spacial score (nSPS) is 29.0. The highest BCUT2D eigenvalue weighted by Gasteiger charge is 2.56. The third kappa shape index (κ3) is 3.15. The summed E-state index contributed by atoms with van der Waals surface area (Å²) in [5.41, 5.74) is -1.10. The van der Waals surface area contributed by atoms with E-state index < -0.39 is 11.0 Å². The molecule has 0 aromatic carbocycles. The Kier molecular flexibility index (Phi) is 4.46. The molecule has 2 atom stereocenters. The second-order valence-electron chi connectivity index (χ2n) is 6.77. The van der Waals surface area contributed by atoms with Gasteiger partial charge < -0.3 is 19.7 Å². The zero-order chi connectivity index (χ0) is 15.7. The van der Waals surface area contributed by atoms with E-state index in [0.717, 1.165) is 6.54 Å². The molecule has 0 spiro atoms. The fourth-order valence-corrected chi connectivity index (χ4v) is 3.24. The van der Waals surface area contributed by atoms with Crippen LogP contribution in [0.5, 0.6) is 0 Å². The molecule has 0 radical (unpaired) electrons. The van der Waals surface area contributed by atoms with Gasteiger partial charge in [-0.2, -0.15) is 0 Å². The largest absolute Gasteiger partial charge is 0.466 e. The van der Waals surface area contributed by atoms with Gasteiger partial charge >= 0.3 is 12.1 Å². The first-order valence-corrected chi connectivity index (χ1v) is 7.68. The van der Waals surface area contributed by atoms with Gasteiger partial charge in [0.25, 0.3) is 0 Å². The van der Waals surface area contributed by atoms with Gasteiger partial charge in [-0.25, -0.2) is 4.79 Å². The average Bonchev–Trinajstić information content (AvgIpc) is 2.77. The lowest BCUT2D eigenvalue weighted by Gasteiger charge is -2.40. The summed E-state index contributed by atoms with van der Waals surface area (Å²) in [6.45, 7) is 9.64. The van der Waals surface area contributed by atoms with Crippen molar-refractivity contribution in [3.8, 4) is 0 Å². The minimum atomic E-state index is -0.571. The molecule has 2 saturated heterocycles. The minimum absolute atomic E-state index is 0.178. The molecule has 2 rings (SSSR count). The number of fused-ring (bicyclic) bond motifs is 1. The lowest BCUT2D eigenvalue weighted by molar-refractivity contribution is -0.158. The van der Waals surface area contributed by atoms with E-state index in [-0.39, 0.29) is 18.1 Å². The number of amides is 1. The second kappa shape index (κ2) is 5.83. The molecule has 0 aromatic rings. The smallest absolute Gasteiger partial charge is 0.410 e. The molecule has 21 heavy (non-hydrogen) atoms. The molecule has 2 aliphatic heterocycles. The summed E-state index contributed by atoms with van der Waals surface area (Å²) >= 11 is 0. The number of carbonyl (C=O) groups excluding carboxylic acids is 2. The Morgan fingerprint density at radius 2 is 2.05 bits per heavy atom. The Labute approximate surface area is 126 Å². The number of rotatable bonds is 2. The standard InChI is InChI=1S/C15H26N2O4/c1-5-20-12(18)15-6-8-16-10-11(15)17(9-7-15)13(19)21-14(2,3)4/h11,16H,5-10H2,1-4H3. The molecule has 6 heteroatoms. The lowest BCUT2D eigenvalue weighted by atomic mass is 9.75. The molecule has 2 unspecified atom stereocenters. The molecule has 2 heterocycles. The summed E-state index contributed by atoms with van der Waals surface area (Å²) in [6, 6.07) is -0.180. The molecule has 0 aromatic heterocycles. The van der Waals surface area contributed by atoms with Crippen LogP contribution in [0.25, 0.3) is 0 Å². The fraction of sp³-hybridized carbons (Fsp3) is 0.867. The molecule has 6 nitrogen and oxygen atoms in total. The number of piperidine rings is 1. The maximum absolute atomic E-state index is 12.4. The Morgan fingerprint density at radius 3 is 2.67 bits per heavy atom. The highest BCUT2D eigenvalue weighted by molar-refractivity contribution is 5.81. The maximum atomic E-state index is 12.4. The van der Waals surface area contributed by atoms with Crippen molar-refractivity contribution in [2.24, 2.45) is 5.41 Å². The van der Waals surface area contributed by atoms with Gasteiger partial charge in [0.15, 0.2) is 0 Å². The molecular formula is C15H26N2O4. The van der Waals surface area contributed by atoms with E-state index in [9.17, 15) is 9.59 Å². The highest BCUT2D eigenvalue weighted by atomic mass is 16.6. The molecule has 1 N–H and O–H groups in total. The number of hydrogen-bond acceptors (Lipinski definition) is 5. The number of ether oxygens (including phenoxy) is 2. The molecule has 120 valence electrons. The molecule has 0 bridgehead atoms. The van der Waals surface area contributed by atoms with Crippen LogP contribution in [0.4, 0.5) is 4.79 Å². The van der Waals surface area contributed by atoms with Gasteiger partial charge in [-0.05, 0) is 47.1 Å². The Bertz CT molecular complexity index is 418. The van der Waals surface area contributed by atoms with E-state index in [4.69, 9.17) is 9.47 Å². The third-order valence-electron chi connectivity index (χ3n) is 4.21. The Morgan fingerprint density at radius 1 is 1.33 bits per heavy atom. The van der Waals surface area contributed by atoms with Gasteiger partial charge in [0, 0.05) is 13.1 Å². The van der Waals surface area contributed by atoms with Crippen molar-refractivity contribution in [1.82, 2.24) is 10.2 Å². The van der Waals surface area contributed by atoms with Crippen LogP contribution in [0.1, 0.15) is 40.5 Å². The van der Waals surface area contributed by atoms with E-state index in [1.807, 2.05) is 27.7 Å². The number of carbonyl (C=O) groups is 2. The fourth-order valence-electron chi connectivity index (χ4n) is 3.24. The summed E-state index contributed by atoms with van der Waals surface area (Å²) in [6.07, 6.45) is 1.01. The monoisotopic (exact) mass is 298 g/mol. The number of nitrogens with one attached hydrogen (secondary N) is 1. The van der Waals surface area contributed by atoms with E-state index in [0.29, 0.717) is 32.5 Å². The van der Waals surface area contributed by atoms with Gasteiger partial charge in [-0.3, -0.25) is 4.79 Å². The van der Waals surface area contributed by atoms with Crippen molar-refractivity contribution in [2.45, 2.75) is 52.2 Å². The third-order valence-corrected chi connectivity index (χ3v) is 4.21.